The van der Waals surface area contributed by atoms with Gasteiger partial charge < -0.3 is 14.9 Å². The van der Waals surface area contributed by atoms with E-state index in [9.17, 15) is 9.59 Å². The molecule has 102 valence electrons. The molecule has 5 heteroatoms. The molecule has 0 amide bonds. The molecular weight excluding hydrogens is 254 g/mol. The number of aromatic nitrogens is 2. The highest BCUT2D eigenvalue weighted by molar-refractivity contribution is 5.41. The van der Waals surface area contributed by atoms with Crippen molar-refractivity contribution >= 4 is 0 Å². The van der Waals surface area contributed by atoms with E-state index >= 15 is 0 Å². The van der Waals surface area contributed by atoms with Crippen molar-refractivity contribution < 1.29 is 0 Å². The highest BCUT2D eigenvalue weighted by Gasteiger charge is 2.05. The van der Waals surface area contributed by atoms with E-state index in [0.29, 0.717) is 6.54 Å². The third-order valence-corrected chi connectivity index (χ3v) is 2.92. The molecule has 1 heterocycles. The maximum absolute atomic E-state index is 11.9. The normalized spacial score (nSPS) is 9.90. The Kier molecular flexibility index (Phi) is 4.18. The van der Waals surface area contributed by atoms with Gasteiger partial charge in [-0.25, -0.2) is 0 Å². The van der Waals surface area contributed by atoms with E-state index in [1.165, 1.54) is 9.13 Å². The minimum atomic E-state index is -0.545. The first kappa shape index (κ1) is 13.8. The quantitative estimate of drug-likeness (QED) is 0.611. The second kappa shape index (κ2) is 6.04. The second-order valence-electron chi connectivity index (χ2n) is 4.31. The largest absolute Gasteiger partial charge is 0.320 e. The first-order chi connectivity index (χ1) is 9.63. The minimum absolute atomic E-state index is 0.278. The number of nitrogens with zero attached hydrogens (tertiary/aromatic N) is 2. The summed E-state index contributed by atoms with van der Waals surface area (Å²) in [6, 6.07) is 7.49. The number of rotatable bonds is 2. The number of hydrogen-bond donors (Lipinski definition) is 1. The van der Waals surface area contributed by atoms with Crippen LogP contribution in [0.2, 0.25) is 0 Å². The Morgan fingerprint density at radius 1 is 1.15 bits per heavy atom. The lowest BCUT2D eigenvalue weighted by Gasteiger charge is -2.08. The van der Waals surface area contributed by atoms with Crippen LogP contribution in [0.25, 0.3) is 0 Å². The summed E-state index contributed by atoms with van der Waals surface area (Å²) in [7, 11) is 1.55. The average molecular weight is 269 g/mol. The van der Waals surface area contributed by atoms with Crippen molar-refractivity contribution in [1.82, 2.24) is 9.13 Å². The smallest absolute Gasteiger partial charge is 0.316 e. The molecule has 0 atom stereocenters. The molecular formula is C15H15N3O2. The number of hydrogen-bond acceptors (Lipinski definition) is 3. The zero-order valence-corrected chi connectivity index (χ0v) is 11.2. The molecule has 0 radical (unpaired) electrons. The van der Waals surface area contributed by atoms with Crippen molar-refractivity contribution in [2.75, 3.05) is 6.54 Å². The fourth-order valence-corrected chi connectivity index (χ4v) is 1.82. The summed E-state index contributed by atoms with van der Waals surface area (Å²) in [5, 5.41) is 0. The molecule has 0 spiro atoms. The van der Waals surface area contributed by atoms with E-state index < -0.39 is 11.1 Å². The molecule has 0 bridgehead atoms. The van der Waals surface area contributed by atoms with E-state index in [-0.39, 0.29) is 6.54 Å². The van der Waals surface area contributed by atoms with Gasteiger partial charge in [-0.3, -0.25) is 9.59 Å². The van der Waals surface area contributed by atoms with Crippen molar-refractivity contribution in [3.8, 4) is 11.8 Å². The molecule has 1 aromatic heterocycles. The molecule has 0 unspecified atom stereocenters. The van der Waals surface area contributed by atoms with Gasteiger partial charge in [-0.1, -0.05) is 30.0 Å². The first-order valence-electron chi connectivity index (χ1n) is 6.16. The lowest BCUT2D eigenvalue weighted by atomic mass is 10.1. The van der Waals surface area contributed by atoms with Gasteiger partial charge in [0.1, 0.15) is 0 Å². The standard InChI is InChI=1S/C15H15N3O2/c1-17-9-10-18(15(20)14(17)19)11-13-6-3-2-5-12(13)7-4-8-16/h2-3,5-6,9-10H,8,11,16H2,1H3. The second-order valence-corrected chi connectivity index (χ2v) is 4.31. The van der Waals surface area contributed by atoms with E-state index in [4.69, 9.17) is 5.73 Å². The van der Waals surface area contributed by atoms with Crippen molar-refractivity contribution in [2.45, 2.75) is 6.54 Å². The van der Waals surface area contributed by atoms with Crippen LogP contribution in [0.3, 0.4) is 0 Å². The van der Waals surface area contributed by atoms with Crippen LogP contribution < -0.4 is 16.9 Å². The van der Waals surface area contributed by atoms with Crippen LogP contribution in [0.5, 0.6) is 0 Å². The number of aryl methyl sites for hydroxylation is 1. The Bertz CT molecular complexity index is 791. The van der Waals surface area contributed by atoms with Crippen molar-refractivity contribution in [2.24, 2.45) is 12.8 Å². The van der Waals surface area contributed by atoms with Crippen LogP contribution in [0.1, 0.15) is 11.1 Å². The topological polar surface area (TPSA) is 70.0 Å². The highest BCUT2D eigenvalue weighted by atomic mass is 16.2. The molecule has 0 aliphatic rings. The van der Waals surface area contributed by atoms with Gasteiger partial charge in [0, 0.05) is 25.0 Å². The van der Waals surface area contributed by atoms with Crippen molar-refractivity contribution in [1.29, 1.82) is 0 Å². The number of nitrogens with two attached hydrogens (primary N) is 1. The third-order valence-electron chi connectivity index (χ3n) is 2.92. The third kappa shape index (κ3) is 2.87. The molecule has 0 saturated heterocycles. The summed E-state index contributed by atoms with van der Waals surface area (Å²) in [6.07, 6.45) is 3.16. The van der Waals surface area contributed by atoms with Crippen LogP contribution in [-0.2, 0) is 13.6 Å². The maximum atomic E-state index is 11.9. The average Bonchev–Trinajstić information content (AvgIpc) is 2.47. The summed E-state index contributed by atoms with van der Waals surface area (Å²) < 4.78 is 2.64. The van der Waals surface area contributed by atoms with Crippen LogP contribution >= 0.6 is 0 Å². The van der Waals surface area contributed by atoms with E-state index in [2.05, 4.69) is 11.8 Å². The monoisotopic (exact) mass is 269 g/mol. The minimum Gasteiger partial charge on any atom is -0.320 e. The summed E-state index contributed by atoms with van der Waals surface area (Å²) in [6.45, 7) is 0.588. The Morgan fingerprint density at radius 3 is 2.65 bits per heavy atom. The lowest BCUT2D eigenvalue weighted by molar-refractivity contribution is 0.694. The summed E-state index contributed by atoms with van der Waals surface area (Å²) >= 11 is 0. The molecule has 0 aliphatic heterocycles. The van der Waals surface area contributed by atoms with Gasteiger partial charge in [-0.15, -0.1) is 0 Å². The van der Waals surface area contributed by atoms with E-state index in [1.54, 1.807) is 19.4 Å². The summed E-state index contributed by atoms with van der Waals surface area (Å²) in [5.74, 6) is 5.76. The predicted octanol–water partition coefficient (Wildman–Crippen LogP) is -0.0945. The molecule has 20 heavy (non-hydrogen) atoms. The molecule has 2 rings (SSSR count). The van der Waals surface area contributed by atoms with E-state index in [0.717, 1.165) is 11.1 Å². The Hall–Kier alpha value is -2.58. The predicted molar refractivity (Wildman–Crippen MR) is 77.4 cm³/mol. The first-order valence-corrected chi connectivity index (χ1v) is 6.16. The van der Waals surface area contributed by atoms with Gasteiger partial charge in [-0.05, 0) is 11.6 Å². The zero-order chi connectivity index (χ0) is 14.5. The van der Waals surface area contributed by atoms with Crippen molar-refractivity contribution in [3.63, 3.8) is 0 Å². The SMILES string of the molecule is Cn1ccn(Cc2ccccc2C#CCN)c(=O)c1=O. The molecule has 0 saturated carbocycles. The van der Waals surface area contributed by atoms with Crippen LogP contribution in [0.4, 0.5) is 0 Å². The molecule has 0 fully saturated rings. The van der Waals surface area contributed by atoms with Gasteiger partial charge in [0.15, 0.2) is 0 Å². The number of benzene rings is 1. The molecule has 2 N–H and O–H groups in total. The van der Waals surface area contributed by atoms with Crippen molar-refractivity contribution in [3.05, 3.63) is 68.5 Å². The van der Waals surface area contributed by atoms with Crippen LogP contribution in [0, 0.1) is 11.8 Å². The van der Waals surface area contributed by atoms with Gasteiger partial charge in [0.2, 0.25) is 0 Å². The zero-order valence-electron chi connectivity index (χ0n) is 11.2. The Labute approximate surface area is 116 Å². The fraction of sp³-hybridized carbons (Fsp3) is 0.200. The highest BCUT2D eigenvalue weighted by Crippen LogP contribution is 2.08. The molecule has 2 aromatic rings. The Morgan fingerprint density at radius 2 is 1.90 bits per heavy atom. The fourth-order valence-electron chi connectivity index (χ4n) is 1.82. The Balaban J connectivity index is 2.43. The lowest BCUT2D eigenvalue weighted by Crippen LogP contribution is -2.39. The molecule has 5 nitrogen and oxygen atoms in total. The van der Waals surface area contributed by atoms with Gasteiger partial charge in [0.25, 0.3) is 0 Å². The van der Waals surface area contributed by atoms with E-state index in [1.807, 2.05) is 24.3 Å². The van der Waals surface area contributed by atoms with Gasteiger partial charge in [-0.2, -0.15) is 0 Å². The maximum Gasteiger partial charge on any atom is 0.316 e. The summed E-state index contributed by atoms with van der Waals surface area (Å²) in [5.41, 5.74) is 5.97. The molecule has 0 aliphatic carbocycles. The van der Waals surface area contributed by atoms with Gasteiger partial charge in [0.05, 0.1) is 13.1 Å². The molecule has 1 aromatic carbocycles. The van der Waals surface area contributed by atoms with Gasteiger partial charge >= 0.3 is 11.1 Å². The van der Waals surface area contributed by atoms with Crippen LogP contribution in [-0.4, -0.2) is 15.7 Å². The van der Waals surface area contributed by atoms with Crippen LogP contribution in [0.15, 0.2) is 46.2 Å². The summed E-state index contributed by atoms with van der Waals surface area (Å²) in [4.78, 5) is 23.5.